The molecule has 1 aliphatic heterocycles. The Bertz CT molecular complexity index is 482. The number of aromatic carboxylic acids is 1. The number of carbonyl (C=O) groups is 2. The molecule has 2 atom stereocenters. The van der Waals surface area contributed by atoms with Crippen LogP contribution in [0.5, 0.6) is 0 Å². The van der Waals surface area contributed by atoms with Crippen molar-refractivity contribution in [2.45, 2.75) is 19.3 Å². The highest BCUT2D eigenvalue weighted by molar-refractivity contribution is 7.12. The Kier molecular flexibility index (Phi) is 3.68. The van der Waals surface area contributed by atoms with Gasteiger partial charge in [-0.05, 0) is 19.4 Å². The van der Waals surface area contributed by atoms with Gasteiger partial charge in [-0.2, -0.15) is 0 Å². The first-order chi connectivity index (χ1) is 8.49. The number of hydrogen-bond donors (Lipinski definition) is 3. The molecule has 1 saturated heterocycles. The predicted octanol–water partition coefficient (Wildman–Crippen LogP) is 1.53. The summed E-state index contributed by atoms with van der Waals surface area (Å²) in [4.78, 5) is 23.7. The van der Waals surface area contributed by atoms with Crippen LogP contribution in [0.4, 0.5) is 0 Å². The van der Waals surface area contributed by atoms with Crippen molar-refractivity contribution in [1.82, 2.24) is 5.32 Å². The van der Waals surface area contributed by atoms with Gasteiger partial charge >= 0.3 is 11.9 Å². The van der Waals surface area contributed by atoms with E-state index in [4.69, 9.17) is 10.2 Å². The molecule has 98 valence electrons. The fraction of sp³-hybridized carbons (Fsp3) is 0.500. The van der Waals surface area contributed by atoms with Crippen LogP contribution in [0.3, 0.4) is 0 Å². The van der Waals surface area contributed by atoms with E-state index in [0.29, 0.717) is 25.1 Å². The Hall–Kier alpha value is -1.40. The highest BCUT2D eigenvalue weighted by Crippen LogP contribution is 2.33. The highest BCUT2D eigenvalue weighted by atomic mass is 32.1. The molecule has 0 aliphatic carbocycles. The summed E-state index contributed by atoms with van der Waals surface area (Å²) in [5, 5.41) is 21.1. The number of aliphatic carboxylic acids is 1. The lowest BCUT2D eigenvalue weighted by atomic mass is 9.89. The number of nitrogens with one attached hydrogen (secondary N) is 1. The molecule has 0 aromatic carbocycles. The molecule has 0 bridgehead atoms. The molecular weight excluding hydrogens is 254 g/mol. The molecule has 1 aliphatic rings. The fourth-order valence-electron chi connectivity index (χ4n) is 2.27. The maximum Gasteiger partial charge on any atom is 0.336 e. The average Bonchev–Trinajstić information content (AvgIpc) is 2.71. The number of carboxylic acid groups (broad SMARTS) is 2. The number of piperidine rings is 1. The molecule has 0 saturated carbocycles. The van der Waals surface area contributed by atoms with Gasteiger partial charge in [-0.3, -0.25) is 4.79 Å². The van der Waals surface area contributed by atoms with Gasteiger partial charge in [0.25, 0.3) is 0 Å². The van der Waals surface area contributed by atoms with E-state index in [-0.39, 0.29) is 11.8 Å². The van der Waals surface area contributed by atoms with Crippen molar-refractivity contribution in [3.63, 3.8) is 0 Å². The van der Waals surface area contributed by atoms with Gasteiger partial charge in [0.15, 0.2) is 0 Å². The van der Waals surface area contributed by atoms with E-state index < -0.39 is 11.9 Å². The summed E-state index contributed by atoms with van der Waals surface area (Å²) in [6, 6.07) is 1.68. The minimum absolute atomic E-state index is 0.0941. The van der Waals surface area contributed by atoms with Gasteiger partial charge in [-0.1, -0.05) is 0 Å². The summed E-state index contributed by atoms with van der Waals surface area (Å²) in [7, 11) is 0. The lowest BCUT2D eigenvalue weighted by molar-refractivity contribution is -0.142. The summed E-state index contributed by atoms with van der Waals surface area (Å²) in [5.74, 6) is -2.01. The van der Waals surface area contributed by atoms with Crippen molar-refractivity contribution in [3.05, 3.63) is 21.4 Å². The zero-order valence-electron chi connectivity index (χ0n) is 9.97. The van der Waals surface area contributed by atoms with E-state index in [1.165, 1.54) is 11.3 Å². The fourth-order valence-corrected chi connectivity index (χ4v) is 3.40. The van der Waals surface area contributed by atoms with Crippen LogP contribution in [0.15, 0.2) is 6.07 Å². The molecule has 1 fully saturated rings. The zero-order chi connectivity index (χ0) is 13.3. The van der Waals surface area contributed by atoms with Gasteiger partial charge in [-0.15, -0.1) is 11.3 Å². The van der Waals surface area contributed by atoms with Crippen LogP contribution in [0.25, 0.3) is 0 Å². The van der Waals surface area contributed by atoms with E-state index >= 15 is 0 Å². The SMILES string of the molecule is Cc1sc(C2CNCC(C(=O)O)C2)cc1C(=O)O. The molecule has 0 amide bonds. The van der Waals surface area contributed by atoms with E-state index in [2.05, 4.69) is 5.32 Å². The smallest absolute Gasteiger partial charge is 0.336 e. The molecule has 2 rings (SSSR count). The maximum atomic E-state index is 11.0. The van der Waals surface area contributed by atoms with E-state index in [9.17, 15) is 9.59 Å². The largest absolute Gasteiger partial charge is 0.481 e. The molecular formula is C12H15NO4S. The Morgan fingerprint density at radius 3 is 2.67 bits per heavy atom. The van der Waals surface area contributed by atoms with Crippen LogP contribution in [0.2, 0.25) is 0 Å². The van der Waals surface area contributed by atoms with Gasteiger partial charge in [0.05, 0.1) is 11.5 Å². The monoisotopic (exact) mass is 269 g/mol. The molecule has 0 radical (unpaired) electrons. The van der Waals surface area contributed by atoms with Crippen molar-refractivity contribution < 1.29 is 19.8 Å². The second-order valence-electron chi connectivity index (χ2n) is 4.55. The molecule has 5 nitrogen and oxygen atoms in total. The molecule has 6 heteroatoms. The molecule has 2 heterocycles. The molecule has 0 spiro atoms. The van der Waals surface area contributed by atoms with Crippen molar-refractivity contribution in [2.75, 3.05) is 13.1 Å². The first-order valence-corrected chi connectivity index (χ1v) is 6.58. The number of thiophene rings is 1. The maximum absolute atomic E-state index is 11.0. The third-order valence-electron chi connectivity index (χ3n) is 3.27. The summed E-state index contributed by atoms with van der Waals surface area (Å²) < 4.78 is 0. The number of hydrogen-bond acceptors (Lipinski definition) is 4. The first kappa shape index (κ1) is 13.0. The Balaban J connectivity index is 2.18. The molecule has 3 N–H and O–H groups in total. The van der Waals surface area contributed by atoms with Crippen molar-refractivity contribution in [1.29, 1.82) is 0 Å². The van der Waals surface area contributed by atoms with Gasteiger partial charge in [0.1, 0.15) is 0 Å². The van der Waals surface area contributed by atoms with Crippen LogP contribution in [0.1, 0.15) is 32.5 Å². The lowest BCUT2D eigenvalue weighted by Gasteiger charge is -2.26. The summed E-state index contributed by atoms with van der Waals surface area (Å²) in [5.41, 5.74) is 0.326. The van der Waals surface area contributed by atoms with Gasteiger partial charge < -0.3 is 15.5 Å². The molecule has 2 unspecified atom stereocenters. The number of aryl methyl sites for hydroxylation is 1. The van der Waals surface area contributed by atoms with Gasteiger partial charge in [0, 0.05) is 28.8 Å². The predicted molar refractivity (Wildman–Crippen MR) is 67.4 cm³/mol. The molecule has 1 aromatic heterocycles. The summed E-state index contributed by atoms with van der Waals surface area (Å²) in [6.07, 6.45) is 0.571. The molecule has 1 aromatic rings. The Morgan fingerprint density at radius 1 is 1.39 bits per heavy atom. The quantitative estimate of drug-likeness (QED) is 0.774. The van der Waals surface area contributed by atoms with Crippen LogP contribution in [-0.2, 0) is 4.79 Å². The third-order valence-corrected chi connectivity index (χ3v) is 4.48. The summed E-state index contributed by atoms with van der Waals surface area (Å²) >= 11 is 1.45. The third kappa shape index (κ3) is 2.54. The van der Waals surface area contributed by atoms with Crippen molar-refractivity contribution >= 4 is 23.3 Å². The normalized spacial score (nSPS) is 23.8. The van der Waals surface area contributed by atoms with E-state index in [0.717, 1.165) is 9.75 Å². The topological polar surface area (TPSA) is 86.6 Å². The van der Waals surface area contributed by atoms with E-state index in [1.807, 2.05) is 0 Å². The van der Waals surface area contributed by atoms with Crippen LogP contribution < -0.4 is 5.32 Å². The highest BCUT2D eigenvalue weighted by Gasteiger charge is 2.29. The van der Waals surface area contributed by atoms with Crippen molar-refractivity contribution in [2.24, 2.45) is 5.92 Å². The minimum Gasteiger partial charge on any atom is -0.481 e. The minimum atomic E-state index is -0.923. The summed E-state index contributed by atoms with van der Waals surface area (Å²) in [6.45, 7) is 2.98. The number of rotatable bonds is 3. The van der Waals surface area contributed by atoms with Gasteiger partial charge in [-0.25, -0.2) is 4.79 Å². The second-order valence-corrected chi connectivity index (χ2v) is 5.84. The first-order valence-electron chi connectivity index (χ1n) is 5.76. The number of carboxylic acids is 2. The standard InChI is InChI=1S/C12H15NO4S/c1-6-9(12(16)17)3-10(18-6)7-2-8(11(14)15)5-13-4-7/h3,7-8,13H,2,4-5H2,1H3,(H,14,15)(H,16,17). The van der Waals surface area contributed by atoms with Crippen LogP contribution >= 0.6 is 11.3 Å². The second kappa shape index (κ2) is 5.07. The molecule has 18 heavy (non-hydrogen) atoms. The average molecular weight is 269 g/mol. The lowest BCUT2D eigenvalue weighted by Crippen LogP contribution is -2.38. The van der Waals surface area contributed by atoms with Crippen LogP contribution in [0, 0.1) is 12.8 Å². The van der Waals surface area contributed by atoms with E-state index in [1.54, 1.807) is 13.0 Å². The zero-order valence-corrected chi connectivity index (χ0v) is 10.8. The Labute approximate surface area is 108 Å². The Morgan fingerprint density at radius 2 is 2.11 bits per heavy atom. The van der Waals surface area contributed by atoms with Crippen LogP contribution in [-0.4, -0.2) is 35.2 Å². The van der Waals surface area contributed by atoms with Gasteiger partial charge in [0.2, 0.25) is 0 Å². The van der Waals surface area contributed by atoms with Crippen molar-refractivity contribution in [3.8, 4) is 0 Å².